The lowest BCUT2D eigenvalue weighted by atomic mass is 10.1. The Kier molecular flexibility index (Phi) is 3.77. The highest BCUT2D eigenvalue weighted by Crippen LogP contribution is 2.21. The van der Waals surface area contributed by atoms with Crippen LogP contribution < -0.4 is 16.8 Å². The minimum absolute atomic E-state index is 0.314. The monoisotopic (exact) mass is 271 g/mol. The van der Waals surface area contributed by atoms with Crippen LogP contribution in [-0.2, 0) is 0 Å². The maximum atomic E-state index is 11.1. The number of amides is 1. The van der Waals surface area contributed by atoms with Crippen molar-refractivity contribution in [1.29, 1.82) is 0 Å². The zero-order chi connectivity index (χ0) is 13.8. The van der Waals surface area contributed by atoms with Crippen molar-refractivity contribution >= 4 is 34.5 Å². The molecule has 2 aromatic carbocycles. The molecule has 0 fully saturated rings. The number of anilines is 2. The van der Waals surface area contributed by atoms with Gasteiger partial charge >= 0.3 is 0 Å². The van der Waals surface area contributed by atoms with E-state index < -0.39 is 5.91 Å². The third-order valence-electron chi connectivity index (χ3n) is 2.62. The summed E-state index contributed by atoms with van der Waals surface area (Å²) in [5, 5.41) is 3.17. The second kappa shape index (κ2) is 5.49. The fourth-order valence-electron chi connectivity index (χ4n) is 1.71. The lowest BCUT2D eigenvalue weighted by Crippen LogP contribution is -2.12. The number of nitrogens with one attached hydrogen (secondary N) is 1. The van der Waals surface area contributed by atoms with Crippen LogP contribution in [0.2, 0.25) is 0 Å². The van der Waals surface area contributed by atoms with Gasteiger partial charge in [0.05, 0.1) is 0 Å². The maximum absolute atomic E-state index is 11.1. The molecule has 0 aromatic heterocycles. The van der Waals surface area contributed by atoms with Crippen molar-refractivity contribution in [1.82, 2.24) is 0 Å². The Bertz CT molecular complexity index is 640. The van der Waals surface area contributed by atoms with Crippen LogP contribution in [-0.4, -0.2) is 10.9 Å². The molecule has 4 nitrogen and oxygen atoms in total. The topological polar surface area (TPSA) is 81.1 Å². The van der Waals surface area contributed by atoms with Gasteiger partial charge in [-0.2, -0.15) is 0 Å². The van der Waals surface area contributed by atoms with Crippen LogP contribution in [0.4, 0.5) is 11.4 Å². The highest BCUT2D eigenvalue weighted by Gasteiger charge is 2.06. The van der Waals surface area contributed by atoms with Crippen LogP contribution in [0.25, 0.3) is 0 Å². The Morgan fingerprint density at radius 2 is 1.79 bits per heavy atom. The summed E-state index contributed by atoms with van der Waals surface area (Å²) in [6.07, 6.45) is 0. The van der Waals surface area contributed by atoms with Crippen molar-refractivity contribution in [2.24, 2.45) is 11.5 Å². The van der Waals surface area contributed by atoms with Gasteiger partial charge in [0.2, 0.25) is 5.91 Å². The van der Waals surface area contributed by atoms with E-state index in [9.17, 15) is 4.79 Å². The second-order valence-corrected chi connectivity index (χ2v) is 4.42. The Hall–Kier alpha value is -2.40. The Morgan fingerprint density at radius 1 is 1.05 bits per heavy atom. The van der Waals surface area contributed by atoms with Crippen molar-refractivity contribution in [2.75, 3.05) is 5.32 Å². The molecule has 0 saturated carbocycles. The normalized spacial score (nSPS) is 9.89. The number of primary amides is 1. The first-order valence-electron chi connectivity index (χ1n) is 5.63. The molecule has 0 unspecified atom stereocenters. The van der Waals surface area contributed by atoms with E-state index in [0.29, 0.717) is 10.6 Å². The molecule has 0 atom stereocenters. The Balaban J connectivity index is 2.34. The predicted molar refractivity (Wildman–Crippen MR) is 80.6 cm³/mol. The molecular weight excluding hydrogens is 258 g/mol. The molecular formula is C14H13N3OS. The Morgan fingerprint density at radius 3 is 2.47 bits per heavy atom. The summed E-state index contributed by atoms with van der Waals surface area (Å²) in [7, 11) is 0. The second-order valence-electron chi connectivity index (χ2n) is 3.98. The molecule has 0 bridgehead atoms. The van der Waals surface area contributed by atoms with Gasteiger partial charge < -0.3 is 16.8 Å². The minimum atomic E-state index is -0.466. The van der Waals surface area contributed by atoms with E-state index in [2.05, 4.69) is 5.32 Å². The quantitative estimate of drug-likeness (QED) is 0.744. The van der Waals surface area contributed by atoms with Gasteiger partial charge in [-0.1, -0.05) is 30.4 Å². The van der Waals surface area contributed by atoms with Crippen molar-refractivity contribution in [3.8, 4) is 0 Å². The van der Waals surface area contributed by atoms with Gasteiger partial charge in [0, 0.05) is 22.5 Å². The summed E-state index contributed by atoms with van der Waals surface area (Å²) in [4.78, 5) is 11.4. The molecule has 0 radical (unpaired) electrons. The maximum Gasteiger partial charge on any atom is 0.248 e. The molecule has 96 valence electrons. The number of nitrogens with two attached hydrogens (primary N) is 2. The highest BCUT2D eigenvalue weighted by atomic mass is 32.1. The summed E-state index contributed by atoms with van der Waals surface area (Å²) >= 11 is 5.00. The summed E-state index contributed by atoms with van der Waals surface area (Å²) in [6.45, 7) is 0. The van der Waals surface area contributed by atoms with Gasteiger partial charge in [-0.3, -0.25) is 4.79 Å². The molecule has 5 heteroatoms. The van der Waals surface area contributed by atoms with Crippen molar-refractivity contribution in [3.63, 3.8) is 0 Å². The summed E-state index contributed by atoms with van der Waals surface area (Å²) in [6, 6.07) is 14.4. The smallest absolute Gasteiger partial charge is 0.248 e. The zero-order valence-electron chi connectivity index (χ0n) is 10.1. The van der Waals surface area contributed by atoms with Gasteiger partial charge in [-0.15, -0.1) is 0 Å². The fraction of sp³-hybridized carbons (Fsp3) is 0. The van der Waals surface area contributed by atoms with Crippen LogP contribution in [0.5, 0.6) is 0 Å². The molecule has 0 aliphatic rings. The fourth-order valence-corrected chi connectivity index (χ4v) is 1.89. The van der Waals surface area contributed by atoms with Gasteiger partial charge in [0.1, 0.15) is 4.99 Å². The van der Waals surface area contributed by atoms with Gasteiger partial charge in [0.15, 0.2) is 0 Å². The van der Waals surface area contributed by atoms with E-state index in [1.165, 1.54) is 0 Å². The Labute approximate surface area is 116 Å². The zero-order valence-corrected chi connectivity index (χ0v) is 10.9. The number of benzene rings is 2. The first kappa shape index (κ1) is 13.0. The SMILES string of the molecule is NC(=O)c1cccc(Nc2ccccc2C(N)=S)c1. The molecule has 0 saturated heterocycles. The number of hydrogen-bond donors (Lipinski definition) is 3. The lowest BCUT2D eigenvalue weighted by Gasteiger charge is -2.11. The van der Waals surface area contributed by atoms with Gasteiger partial charge in [0.25, 0.3) is 0 Å². The van der Waals surface area contributed by atoms with Crippen molar-refractivity contribution < 1.29 is 4.79 Å². The first-order chi connectivity index (χ1) is 9.08. The van der Waals surface area contributed by atoms with Gasteiger partial charge in [-0.25, -0.2) is 0 Å². The van der Waals surface area contributed by atoms with Crippen LogP contribution in [0.3, 0.4) is 0 Å². The molecule has 5 N–H and O–H groups in total. The van der Waals surface area contributed by atoms with Crippen LogP contribution in [0, 0.1) is 0 Å². The molecule has 0 aliphatic carbocycles. The van der Waals surface area contributed by atoms with Crippen LogP contribution in [0.1, 0.15) is 15.9 Å². The summed E-state index contributed by atoms with van der Waals surface area (Å²) < 4.78 is 0. The number of para-hydroxylation sites is 1. The number of carbonyl (C=O) groups is 1. The minimum Gasteiger partial charge on any atom is -0.389 e. The van der Waals surface area contributed by atoms with Crippen LogP contribution >= 0.6 is 12.2 Å². The van der Waals surface area contributed by atoms with E-state index in [1.807, 2.05) is 30.3 Å². The third kappa shape index (κ3) is 3.08. The lowest BCUT2D eigenvalue weighted by molar-refractivity contribution is 0.100. The van der Waals surface area contributed by atoms with E-state index >= 15 is 0 Å². The molecule has 2 aromatic rings. The summed E-state index contributed by atoms with van der Waals surface area (Å²) in [5.41, 5.74) is 13.6. The standard InChI is InChI=1S/C14H13N3OS/c15-13(18)9-4-3-5-10(8-9)17-12-7-2-1-6-11(12)14(16)19/h1-8,17H,(H2,15,18)(H2,16,19). The molecule has 0 spiro atoms. The number of thiocarbonyl (C=S) groups is 1. The highest BCUT2D eigenvalue weighted by molar-refractivity contribution is 7.80. The molecule has 0 heterocycles. The average molecular weight is 271 g/mol. The molecule has 0 aliphatic heterocycles. The first-order valence-corrected chi connectivity index (χ1v) is 6.04. The van der Waals surface area contributed by atoms with Gasteiger partial charge in [-0.05, 0) is 30.3 Å². The number of hydrogen-bond acceptors (Lipinski definition) is 3. The van der Waals surface area contributed by atoms with Crippen molar-refractivity contribution in [2.45, 2.75) is 0 Å². The summed E-state index contributed by atoms with van der Waals surface area (Å²) in [5.74, 6) is -0.466. The van der Waals surface area contributed by atoms with E-state index in [1.54, 1.807) is 18.2 Å². The predicted octanol–water partition coefficient (Wildman–Crippen LogP) is 2.16. The van der Waals surface area contributed by atoms with E-state index in [4.69, 9.17) is 23.7 Å². The number of rotatable bonds is 4. The van der Waals surface area contributed by atoms with Crippen LogP contribution in [0.15, 0.2) is 48.5 Å². The van der Waals surface area contributed by atoms with E-state index in [0.717, 1.165) is 16.9 Å². The molecule has 19 heavy (non-hydrogen) atoms. The third-order valence-corrected chi connectivity index (χ3v) is 2.84. The van der Waals surface area contributed by atoms with E-state index in [-0.39, 0.29) is 0 Å². The average Bonchev–Trinajstić information content (AvgIpc) is 2.39. The number of carbonyl (C=O) groups excluding carboxylic acids is 1. The van der Waals surface area contributed by atoms with Crippen molar-refractivity contribution in [3.05, 3.63) is 59.7 Å². The molecule has 2 rings (SSSR count). The molecule has 1 amide bonds. The largest absolute Gasteiger partial charge is 0.389 e.